The molecule has 8 nitrogen and oxygen atoms in total. The topological polar surface area (TPSA) is 82.6 Å². The number of anilines is 1. The molecule has 1 saturated carbocycles. The fourth-order valence-electron chi connectivity index (χ4n) is 5.96. The minimum Gasteiger partial charge on any atom is -0.449 e. The van der Waals surface area contributed by atoms with E-state index >= 15 is 0 Å². The molecule has 2 aliphatic rings. The number of aromatic nitrogens is 3. The van der Waals surface area contributed by atoms with Gasteiger partial charge in [0.1, 0.15) is 23.4 Å². The monoisotopic (exact) mass is 555 g/mol. The van der Waals surface area contributed by atoms with Crippen LogP contribution in [0.5, 0.6) is 0 Å². The van der Waals surface area contributed by atoms with E-state index in [2.05, 4.69) is 9.72 Å². The lowest BCUT2D eigenvalue weighted by Gasteiger charge is -2.37. The predicted octanol–water partition coefficient (Wildman–Crippen LogP) is 7.32. The highest BCUT2D eigenvalue weighted by Gasteiger charge is 2.38. The lowest BCUT2D eigenvalue weighted by molar-refractivity contribution is 0.0582. The highest BCUT2D eigenvalue weighted by Crippen LogP contribution is 2.41. The second kappa shape index (κ2) is 10.3. The SMILES string of the molecule is [2H]C([2H])([2H])OC1CCC(n2c([C@@H]3CCOC(=O)N3c3ccc(F)c(Cl)c3)nc3cc(-c4c(C)noc4C)ccc32)CC1. The van der Waals surface area contributed by atoms with Crippen molar-refractivity contribution in [3.05, 3.63) is 64.5 Å². The van der Waals surface area contributed by atoms with Gasteiger partial charge in [0.05, 0.1) is 38.6 Å². The van der Waals surface area contributed by atoms with Crippen molar-refractivity contribution < 1.29 is 27.3 Å². The van der Waals surface area contributed by atoms with Gasteiger partial charge in [-0.15, -0.1) is 0 Å². The van der Waals surface area contributed by atoms with Crippen molar-refractivity contribution in [3.8, 4) is 11.1 Å². The summed E-state index contributed by atoms with van der Waals surface area (Å²) in [5.41, 5.74) is 4.61. The lowest BCUT2D eigenvalue weighted by Crippen LogP contribution is -2.42. The van der Waals surface area contributed by atoms with Gasteiger partial charge in [0, 0.05) is 30.8 Å². The highest BCUT2D eigenvalue weighted by molar-refractivity contribution is 6.31. The molecule has 2 aromatic heterocycles. The Bertz CT molecular complexity index is 1630. The molecule has 0 radical (unpaired) electrons. The molecule has 2 fully saturated rings. The zero-order valence-corrected chi connectivity index (χ0v) is 22.4. The molecule has 0 N–H and O–H groups in total. The van der Waals surface area contributed by atoms with Gasteiger partial charge in [0.25, 0.3) is 0 Å². The fraction of sp³-hybridized carbons (Fsp3) is 0.414. The number of ether oxygens (including phenoxy) is 2. The minimum absolute atomic E-state index is 0.0111. The van der Waals surface area contributed by atoms with Crippen LogP contribution in [0.3, 0.4) is 0 Å². The Morgan fingerprint density at radius 2 is 1.95 bits per heavy atom. The summed E-state index contributed by atoms with van der Waals surface area (Å²) in [6.45, 7) is 3.95. The summed E-state index contributed by atoms with van der Waals surface area (Å²) in [4.78, 5) is 19.8. The van der Waals surface area contributed by atoms with E-state index in [1.165, 1.54) is 23.1 Å². The van der Waals surface area contributed by atoms with Crippen molar-refractivity contribution in [2.24, 2.45) is 0 Å². The number of cyclic esters (lactones) is 1. The van der Waals surface area contributed by atoms with E-state index in [0.717, 1.165) is 27.9 Å². The third kappa shape index (κ3) is 4.57. The van der Waals surface area contributed by atoms with E-state index < -0.39 is 25.0 Å². The number of fused-ring (bicyclic) bond motifs is 1. The Morgan fingerprint density at radius 1 is 1.13 bits per heavy atom. The molecule has 1 aliphatic carbocycles. The van der Waals surface area contributed by atoms with Gasteiger partial charge in [-0.05, 0) is 75.4 Å². The van der Waals surface area contributed by atoms with Crippen molar-refractivity contribution in [2.75, 3.05) is 18.5 Å². The molecule has 1 atom stereocenters. The van der Waals surface area contributed by atoms with Gasteiger partial charge < -0.3 is 18.6 Å². The van der Waals surface area contributed by atoms with Crippen LogP contribution in [0.4, 0.5) is 14.9 Å². The molecule has 3 heterocycles. The zero-order chi connectivity index (χ0) is 29.8. The zero-order valence-electron chi connectivity index (χ0n) is 24.6. The number of carbonyl (C=O) groups excluding carboxylic acids is 1. The quantitative estimate of drug-likeness (QED) is 0.256. The molecule has 0 spiro atoms. The molecule has 4 aromatic rings. The molecule has 0 bridgehead atoms. The first kappa shape index (κ1) is 22.4. The Labute approximate surface area is 234 Å². The average Bonchev–Trinajstić information content (AvgIpc) is 3.48. The van der Waals surface area contributed by atoms with Crippen LogP contribution in [-0.2, 0) is 9.47 Å². The number of hydrogen-bond donors (Lipinski definition) is 0. The van der Waals surface area contributed by atoms with Crippen LogP contribution in [0.15, 0.2) is 40.9 Å². The molecular formula is C29H30ClFN4O4. The maximum absolute atomic E-state index is 14.0. The third-order valence-electron chi connectivity index (χ3n) is 7.82. The number of rotatable bonds is 5. The van der Waals surface area contributed by atoms with Crippen LogP contribution in [0.25, 0.3) is 22.2 Å². The molecule has 204 valence electrons. The number of hydrogen-bond acceptors (Lipinski definition) is 6. The Morgan fingerprint density at radius 3 is 2.67 bits per heavy atom. The van der Waals surface area contributed by atoms with Gasteiger partial charge in [-0.25, -0.2) is 14.2 Å². The molecule has 6 rings (SSSR count). The summed E-state index contributed by atoms with van der Waals surface area (Å²) in [5.74, 6) is 0.782. The van der Waals surface area contributed by atoms with E-state index in [1.54, 1.807) is 0 Å². The van der Waals surface area contributed by atoms with E-state index in [9.17, 15) is 9.18 Å². The first-order chi connectivity index (χ1) is 20.0. The Balaban J connectivity index is 1.46. The van der Waals surface area contributed by atoms with Crippen LogP contribution < -0.4 is 4.90 Å². The van der Waals surface area contributed by atoms with Gasteiger partial charge in [0.15, 0.2) is 0 Å². The first-order valence-corrected chi connectivity index (χ1v) is 13.4. The summed E-state index contributed by atoms with van der Waals surface area (Å²) in [6.07, 6.45) is 2.01. The van der Waals surface area contributed by atoms with Crippen molar-refractivity contribution in [3.63, 3.8) is 0 Å². The predicted molar refractivity (Wildman–Crippen MR) is 146 cm³/mol. The molecule has 0 unspecified atom stereocenters. The molecule has 39 heavy (non-hydrogen) atoms. The second-order valence-corrected chi connectivity index (χ2v) is 10.6. The number of carbonyl (C=O) groups is 1. The molecular weight excluding hydrogens is 523 g/mol. The fourth-order valence-corrected chi connectivity index (χ4v) is 6.13. The summed E-state index contributed by atoms with van der Waals surface area (Å²) in [5, 5.41) is 3.99. The van der Waals surface area contributed by atoms with Gasteiger partial charge >= 0.3 is 6.09 Å². The van der Waals surface area contributed by atoms with Crippen molar-refractivity contribution >= 4 is 34.4 Å². The minimum atomic E-state index is -2.45. The van der Waals surface area contributed by atoms with Crippen LogP contribution in [-0.4, -0.2) is 40.5 Å². The van der Waals surface area contributed by atoms with Gasteiger partial charge in [-0.2, -0.15) is 0 Å². The van der Waals surface area contributed by atoms with Gasteiger partial charge in [0.2, 0.25) is 0 Å². The van der Waals surface area contributed by atoms with Gasteiger partial charge in [-0.1, -0.05) is 22.8 Å². The van der Waals surface area contributed by atoms with Crippen molar-refractivity contribution in [2.45, 2.75) is 64.1 Å². The van der Waals surface area contributed by atoms with E-state index in [1.807, 2.05) is 32.0 Å². The first-order valence-electron chi connectivity index (χ1n) is 14.5. The highest BCUT2D eigenvalue weighted by atomic mass is 35.5. The maximum Gasteiger partial charge on any atom is 0.414 e. The summed E-state index contributed by atoms with van der Waals surface area (Å²) in [7, 11) is -2.45. The largest absolute Gasteiger partial charge is 0.449 e. The number of halogens is 2. The number of imidazole rings is 1. The van der Waals surface area contributed by atoms with Crippen LogP contribution >= 0.6 is 11.6 Å². The van der Waals surface area contributed by atoms with E-state index in [-0.39, 0.29) is 23.8 Å². The smallest absolute Gasteiger partial charge is 0.414 e. The van der Waals surface area contributed by atoms with Crippen LogP contribution in [0.2, 0.25) is 5.02 Å². The van der Waals surface area contributed by atoms with Crippen LogP contribution in [0, 0.1) is 19.7 Å². The van der Waals surface area contributed by atoms with Crippen LogP contribution in [0.1, 0.15) is 65.6 Å². The number of benzene rings is 2. The number of nitrogens with zero attached hydrogens (tertiary/aromatic N) is 4. The summed E-state index contributed by atoms with van der Waals surface area (Å²) < 4.78 is 54.8. The third-order valence-corrected chi connectivity index (χ3v) is 8.11. The molecule has 2 aromatic carbocycles. The van der Waals surface area contributed by atoms with Gasteiger partial charge in [-0.3, -0.25) is 4.90 Å². The van der Waals surface area contributed by atoms with Crippen molar-refractivity contribution in [1.29, 1.82) is 0 Å². The number of aryl methyl sites for hydroxylation is 2. The van der Waals surface area contributed by atoms with E-state index in [4.69, 9.17) is 34.7 Å². The summed E-state index contributed by atoms with van der Waals surface area (Å²) in [6, 6.07) is 9.62. The number of amides is 1. The average molecular weight is 556 g/mol. The second-order valence-electron chi connectivity index (χ2n) is 10.2. The maximum atomic E-state index is 14.0. The molecule has 10 heteroatoms. The molecule has 1 saturated heterocycles. The van der Waals surface area contributed by atoms with E-state index in [0.29, 0.717) is 49.4 Å². The number of methoxy groups -OCH3 is 1. The molecule has 1 amide bonds. The standard InChI is InChI=1S/C29H30ClFN4O4/c1-16-27(17(2)39-33-16)18-4-11-25-24(14-18)32-28(34(25)19-5-8-21(37-3)9-6-19)26-12-13-38-29(36)35(26)20-7-10-23(31)22(30)15-20/h4,7,10-11,14-15,19,21,26H,5-6,8-9,12-13H2,1-3H3/t19?,21?,26-/m0/s1/i3D3. The molecule has 1 aliphatic heterocycles. The Kier molecular flexibility index (Phi) is 5.90. The van der Waals surface area contributed by atoms with Crippen molar-refractivity contribution in [1.82, 2.24) is 14.7 Å². The Hall–Kier alpha value is -3.43. The normalized spacial score (nSPS) is 23.4. The lowest BCUT2D eigenvalue weighted by atomic mass is 9.92. The summed E-state index contributed by atoms with van der Waals surface area (Å²) >= 11 is 6.10.